The SMILES string of the molecule is CC1=C(CC(=O)O)C(=O)N(NCC(F)(F)c2ccccn2)CC1. The summed E-state index contributed by atoms with van der Waals surface area (Å²) in [5, 5.41) is 9.89. The van der Waals surface area contributed by atoms with E-state index in [-0.39, 0.29) is 12.1 Å². The minimum atomic E-state index is -3.25. The number of nitrogens with one attached hydrogen (secondary N) is 1. The quantitative estimate of drug-likeness (QED) is 0.832. The van der Waals surface area contributed by atoms with Crippen molar-refractivity contribution >= 4 is 11.9 Å². The molecule has 0 radical (unpaired) electrons. The Morgan fingerprint density at radius 2 is 2.22 bits per heavy atom. The second-order valence-electron chi connectivity index (χ2n) is 5.29. The van der Waals surface area contributed by atoms with Crippen molar-refractivity contribution in [3.05, 3.63) is 41.2 Å². The van der Waals surface area contributed by atoms with Gasteiger partial charge < -0.3 is 5.11 Å². The summed E-state index contributed by atoms with van der Waals surface area (Å²) in [5.41, 5.74) is 2.82. The molecule has 0 saturated carbocycles. The fourth-order valence-electron chi connectivity index (χ4n) is 2.27. The summed E-state index contributed by atoms with van der Waals surface area (Å²) in [6.07, 6.45) is 1.29. The Balaban J connectivity index is 2.04. The molecular weight excluding hydrogens is 308 g/mol. The number of hydrazine groups is 1. The maximum absolute atomic E-state index is 14.1. The number of pyridine rings is 1. The molecular formula is C15H17F2N3O3. The second-order valence-corrected chi connectivity index (χ2v) is 5.29. The first-order chi connectivity index (χ1) is 10.8. The van der Waals surface area contributed by atoms with Gasteiger partial charge in [-0.1, -0.05) is 11.6 Å². The van der Waals surface area contributed by atoms with E-state index in [0.717, 1.165) is 5.01 Å². The summed E-state index contributed by atoms with van der Waals surface area (Å²) in [5.74, 6) is -4.95. The minimum absolute atomic E-state index is 0.136. The van der Waals surface area contributed by atoms with Crippen LogP contribution >= 0.6 is 0 Å². The number of aromatic nitrogens is 1. The van der Waals surface area contributed by atoms with Crippen molar-refractivity contribution in [2.75, 3.05) is 13.1 Å². The highest BCUT2D eigenvalue weighted by molar-refractivity contribution is 5.98. The summed E-state index contributed by atoms with van der Waals surface area (Å²) >= 11 is 0. The molecule has 1 aromatic heterocycles. The summed E-state index contributed by atoms with van der Waals surface area (Å²) in [7, 11) is 0. The molecule has 1 aliphatic rings. The molecule has 0 spiro atoms. The van der Waals surface area contributed by atoms with E-state index in [9.17, 15) is 18.4 Å². The number of carbonyl (C=O) groups excluding carboxylic acids is 1. The summed E-state index contributed by atoms with van der Waals surface area (Å²) in [4.78, 5) is 26.6. The lowest BCUT2D eigenvalue weighted by atomic mass is 9.99. The Kier molecular flexibility index (Phi) is 5.05. The molecule has 2 rings (SSSR count). The van der Waals surface area contributed by atoms with E-state index < -0.39 is 36.5 Å². The number of carboxylic acid groups (broad SMARTS) is 1. The van der Waals surface area contributed by atoms with Crippen molar-refractivity contribution in [2.24, 2.45) is 0 Å². The summed E-state index contributed by atoms with van der Waals surface area (Å²) in [6, 6.07) is 4.20. The van der Waals surface area contributed by atoms with Crippen molar-refractivity contribution in [1.82, 2.24) is 15.4 Å². The third-order valence-electron chi connectivity index (χ3n) is 3.59. The average Bonchev–Trinajstić information content (AvgIpc) is 2.51. The Bertz CT molecular complexity index is 632. The fourth-order valence-corrected chi connectivity index (χ4v) is 2.27. The van der Waals surface area contributed by atoms with E-state index in [1.807, 2.05) is 0 Å². The molecule has 0 aliphatic carbocycles. The third-order valence-corrected chi connectivity index (χ3v) is 3.59. The molecule has 2 N–H and O–H groups in total. The highest BCUT2D eigenvalue weighted by Gasteiger charge is 2.35. The lowest BCUT2D eigenvalue weighted by molar-refractivity contribution is -0.139. The zero-order chi connectivity index (χ0) is 17.0. The Labute approximate surface area is 131 Å². The van der Waals surface area contributed by atoms with E-state index in [0.29, 0.717) is 12.0 Å². The predicted octanol–water partition coefficient (Wildman–Crippen LogP) is 1.70. The Morgan fingerprint density at radius 3 is 2.83 bits per heavy atom. The van der Waals surface area contributed by atoms with Crippen LogP contribution in [0.15, 0.2) is 35.5 Å². The van der Waals surface area contributed by atoms with Crippen LogP contribution in [-0.2, 0) is 15.5 Å². The number of alkyl halides is 2. The number of carbonyl (C=O) groups is 2. The van der Waals surface area contributed by atoms with E-state index in [1.54, 1.807) is 6.92 Å². The maximum atomic E-state index is 14.1. The minimum Gasteiger partial charge on any atom is -0.481 e. The van der Waals surface area contributed by atoms with Crippen molar-refractivity contribution in [3.8, 4) is 0 Å². The summed E-state index contributed by atoms with van der Waals surface area (Å²) in [6.45, 7) is 1.09. The first-order valence-corrected chi connectivity index (χ1v) is 7.06. The van der Waals surface area contributed by atoms with Gasteiger partial charge in [0.05, 0.1) is 13.0 Å². The van der Waals surface area contributed by atoms with Crippen LogP contribution in [0, 0.1) is 0 Å². The lowest BCUT2D eigenvalue weighted by Gasteiger charge is -2.31. The van der Waals surface area contributed by atoms with Crippen LogP contribution in [0.2, 0.25) is 0 Å². The molecule has 0 atom stereocenters. The number of hydrogen-bond donors (Lipinski definition) is 2. The number of amides is 1. The molecule has 0 aromatic carbocycles. The van der Waals surface area contributed by atoms with Gasteiger partial charge in [-0.05, 0) is 25.5 Å². The number of rotatable bonds is 6. The van der Waals surface area contributed by atoms with Gasteiger partial charge in [0, 0.05) is 18.3 Å². The van der Waals surface area contributed by atoms with E-state index in [4.69, 9.17) is 5.11 Å². The van der Waals surface area contributed by atoms with Crippen LogP contribution in [-0.4, -0.2) is 40.1 Å². The van der Waals surface area contributed by atoms with Crippen LogP contribution in [0.5, 0.6) is 0 Å². The van der Waals surface area contributed by atoms with Crippen LogP contribution in [0.25, 0.3) is 0 Å². The molecule has 1 aliphatic heterocycles. The molecule has 23 heavy (non-hydrogen) atoms. The number of nitrogens with zero attached hydrogens (tertiary/aromatic N) is 2. The largest absolute Gasteiger partial charge is 0.481 e. The van der Waals surface area contributed by atoms with E-state index >= 15 is 0 Å². The van der Waals surface area contributed by atoms with Crippen LogP contribution in [0.3, 0.4) is 0 Å². The molecule has 1 aromatic rings. The summed E-state index contributed by atoms with van der Waals surface area (Å²) < 4.78 is 28.1. The Morgan fingerprint density at radius 1 is 1.48 bits per heavy atom. The molecule has 124 valence electrons. The third kappa shape index (κ3) is 4.10. The van der Waals surface area contributed by atoms with Crippen molar-refractivity contribution in [1.29, 1.82) is 0 Å². The first kappa shape index (κ1) is 17.0. The van der Waals surface area contributed by atoms with Gasteiger partial charge in [0.15, 0.2) is 0 Å². The fraction of sp³-hybridized carbons (Fsp3) is 0.400. The number of carboxylic acids is 1. The molecule has 2 heterocycles. The van der Waals surface area contributed by atoms with Crippen LogP contribution in [0.4, 0.5) is 8.78 Å². The van der Waals surface area contributed by atoms with Crippen molar-refractivity contribution in [2.45, 2.75) is 25.7 Å². The number of halogens is 2. The van der Waals surface area contributed by atoms with Gasteiger partial charge in [-0.15, -0.1) is 0 Å². The number of aliphatic carboxylic acids is 1. The van der Waals surface area contributed by atoms with Gasteiger partial charge in [-0.3, -0.25) is 19.6 Å². The van der Waals surface area contributed by atoms with Gasteiger partial charge in [0.2, 0.25) is 0 Å². The van der Waals surface area contributed by atoms with Gasteiger partial charge in [-0.25, -0.2) is 5.43 Å². The monoisotopic (exact) mass is 325 g/mol. The van der Waals surface area contributed by atoms with Gasteiger partial charge >= 0.3 is 11.9 Å². The van der Waals surface area contributed by atoms with Crippen LogP contribution in [0.1, 0.15) is 25.5 Å². The maximum Gasteiger partial charge on any atom is 0.308 e. The molecule has 1 amide bonds. The normalized spacial score (nSPS) is 16.0. The van der Waals surface area contributed by atoms with Gasteiger partial charge in [0.1, 0.15) is 5.69 Å². The van der Waals surface area contributed by atoms with Gasteiger partial charge in [-0.2, -0.15) is 8.78 Å². The molecule has 0 unspecified atom stereocenters. The highest BCUT2D eigenvalue weighted by Crippen LogP contribution is 2.26. The first-order valence-electron chi connectivity index (χ1n) is 7.06. The van der Waals surface area contributed by atoms with E-state index in [2.05, 4.69) is 10.4 Å². The molecule has 0 saturated heterocycles. The number of hydrogen-bond acceptors (Lipinski definition) is 4. The zero-order valence-corrected chi connectivity index (χ0v) is 12.6. The molecule has 8 heteroatoms. The van der Waals surface area contributed by atoms with Crippen LogP contribution < -0.4 is 5.43 Å². The lowest BCUT2D eigenvalue weighted by Crippen LogP contribution is -2.50. The molecule has 0 bridgehead atoms. The highest BCUT2D eigenvalue weighted by atomic mass is 19.3. The van der Waals surface area contributed by atoms with E-state index in [1.165, 1.54) is 24.4 Å². The van der Waals surface area contributed by atoms with Crippen molar-refractivity contribution in [3.63, 3.8) is 0 Å². The predicted molar refractivity (Wildman–Crippen MR) is 77.4 cm³/mol. The standard InChI is InChI=1S/C15H17F2N3O3/c1-10-5-7-20(14(23)11(10)8-13(21)22)19-9-15(16,17)12-4-2-3-6-18-12/h2-4,6,19H,5,7-9H2,1H3,(H,21,22). The molecule has 6 nitrogen and oxygen atoms in total. The topological polar surface area (TPSA) is 82.5 Å². The molecule has 0 fully saturated rings. The zero-order valence-electron chi connectivity index (χ0n) is 12.6. The smallest absolute Gasteiger partial charge is 0.308 e. The van der Waals surface area contributed by atoms with Crippen molar-refractivity contribution < 1.29 is 23.5 Å². The van der Waals surface area contributed by atoms with Gasteiger partial charge in [0.25, 0.3) is 5.91 Å². The average molecular weight is 325 g/mol. The second kappa shape index (κ2) is 6.82. The Hall–Kier alpha value is -2.35.